The Bertz CT molecular complexity index is 804. The molecule has 1 N–H and O–H groups in total. The van der Waals surface area contributed by atoms with E-state index in [-0.39, 0.29) is 17.4 Å². The number of H-pyrrole nitrogens is 1. The third-order valence-corrected chi connectivity index (χ3v) is 5.87. The SMILES string of the molecule is O=C(N1CCCC(c2ccn[nH]2)C1)C1(c2ccc(F)cc2F)CCOCC1. The van der Waals surface area contributed by atoms with E-state index in [1.54, 1.807) is 6.20 Å². The average Bonchev–Trinajstić information content (AvgIpc) is 3.23. The van der Waals surface area contributed by atoms with Crippen LogP contribution in [-0.4, -0.2) is 47.3 Å². The maximum atomic E-state index is 14.6. The Kier molecular flexibility index (Phi) is 4.95. The molecule has 2 aliphatic rings. The van der Waals surface area contributed by atoms with E-state index >= 15 is 0 Å². The van der Waals surface area contributed by atoms with Crippen molar-refractivity contribution in [3.63, 3.8) is 0 Å². The number of piperidine rings is 1. The lowest BCUT2D eigenvalue weighted by atomic mass is 9.72. The molecule has 3 heterocycles. The summed E-state index contributed by atoms with van der Waals surface area (Å²) in [5, 5.41) is 7.00. The molecular weight excluding hydrogens is 352 g/mol. The highest BCUT2D eigenvalue weighted by molar-refractivity contribution is 5.88. The predicted molar refractivity (Wildman–Crippen MR) is 95.2 cm³/mol. The Morgan fingerprint density at radius 2 is 2.07 bits per heavy atom. The molecule has 2 aliphatic heterocycles. The Balaban J connectivity index is 1.65. The number of hydrogen-bond donors (Lipinski definition) is 1. The molecule has 5 nitrogen and oxygen atoms in total. The Labute approximate surface area is 156 Å². The van der Waals surface area contributed by atoms with Crippen molar-refractivity contribution in [3.05, 3.63) is 53.4 Å². The van der Waals surface area contributed by atoms with Gasteiger partial charge in [-0.1, -0.05) is 6.07 Å². The van der Waals surface area contributed by atoms with Crippen LogP contribution in [0.25, 0.3) is 0 Å². The topological polar surface area (TPSA) is 58.2 Å². The summed E-state index contributed by atoms with van der Waals surface area (Å²) >= 11 is 0. The quantitative estimate of drug-likeness (QED) is 0.897. The zero-order valence-electron chi connectivity index (χ0n) is 15.1. The standard InChI is InChI=1S/C20H23F2N3O2/c21-15-3-4-16(17(22)12-15)20(6-10-27-11-7-20)19(26)25-9-1-2-14(13-25)18-5-8-23-24-18/h3-5,8,12,14H,1-2,6-7,9-11,13H2,(H,23,24). The number of benzene rings is 1. The van der Waals surface area contributed by atoms with E-state index in [4.69, 9.17) is 4.74 Å². The van der Waals surface area contributed by atoms with Crippen molar-refractivity contribution in [1.29, 1.82) is 0 Å². The zero-order chi connectivity index (χ0) is 18.9. The number of halogens is 2. The number of rotatable bonds is 3. The Morgan fingerprint density at radius 3 is 2.78 bits per heavy atom. The van der Waals surface area contributed by atoms with Gasteiger partial charge >= 0.3 is 0 Å². The number of ether oxygens (including phenoxy) is 1. The molecule has 0 spiro atoms. The smallest absolute Gasteiger partial charge is 0.233 e. The fourth-order valence-corrected chi connectivity index (χ4v) is 4.41. The van der Waals surface area contributed by atoms with Crippen LogP contribution in [0.5, 0.6) is 0 Å². The number of carbonyl (C=O) groups excluding carboxylic acids is 1. The van der Waals surface area contributed by atoms with Gasteiger partial charge in [-0.3, -0.25) is 9.89 Å². The largest absolute Gasteiger partial charge is 0.381 e. The van der Waals surface area contributed by atoms with Crippen LogP contribution >= 0.6 is 0 Å². The molecule has 2 fully saturated rings. The summed E-state index contributed by atoms with van der Waals surface area (Å²) in [4.78, 5) is 15.4. The predicted octanol–water partition coefficient (Wildman–Crippen LogP) is 3.14. The molecule has 1 unspecified atom stereocenters. The van der Waals surface area contributed by atoms with Crippen LogP contribution in [0.2, 0.25) is 0 Å². The molecule has 4 rings (SSSR count). The van der Waals surface area contributed by atoms with Crippen molar-refractivity contribution < 1.29 is 18.3 Å². The van der Waals surface area contributed by atoms with Gasteiger partial charge in [0.2, 0.25) is 5.91 Å². The normalized spacial score (nSPS) is 22.6. The molecule has 27 heavy (non-hydrogen) atoms. The van der Waals surface area contributed by atoms with Gasteiger partial charge in [0.05, 0.1) is 5.41 Å². The maximum absolute atomic E-state index is 14.6. The molecular formula is C20H23F2N3O2. The molecule has 0 aliphatic carbocycles. The minimum absolute atomic E-state index is 0.0828. The Morgan fingerprint density at radius 1 is 1.26 bits per heavy atom. The lowest BCUT2D eigenvalue weighted by molar-refractivity contribution is -0.142. The number of likely N-dealkylation sites (tertiary alicyclic amines) is 1. The van der Waals surface area contributed by atoms with Gasteiger partial charge in [-0.15, -0.1) is 0 Å². The van der Waals surface area contributed by atoms with Crippen LogP contribution in [0.15, 0.2) is 30.5 Å². The lowest BCUT2D eigenvalue weighted by Crippen LogP contribution is -2.52. The number of nitrogens with one attached hydrogen (secondary N) is 1. The van der Waals surface area contributed by atoms with Crippen LogP contribution in [0.1, 0.15) is 42.9 Å². The van der Waals surface area contributed by atoms with Gasteiger partial charge < -0.3 is 9.64 Å². The summed E-state index contributed by atoms with van der Waals surface area (Å²) in [6.07, 6.45) is 4.38. The number of carbonyl (C=O) groups is 1. The first kappa shape index (κ1) is 18.1. The van der Waals surface area contributed by atoms with Gasteiger partial charge in [-0.05, 0) is 37.8 Å². The van der Waals surface area contributed by atoms with Gasteiger partial charge in [-0.2, -0.15) is 5.10 Å². The molecule has 2 aromatic rings. The monoisotopic (exact) mass is 375 g/mol. The molecule has 1 amide bonds. The summed E-state index contributed by atoms with van der Waals surface area (Å²) in [6, 6.07) is 5.45. The van der Waals surface area contributed by atoms with Crippen LogP contribution in [0.3, 0.4) is 0 Å². The molecule has 2 saturated heterocycles. The summed E-state index contributed by atoms with van der Waals surface area (Å²) in [5.41, 5.74) is 0.300. The number of aromatic nitrogens is 2. The highest BCUT2D eigenvalue weighted by atomic mass is 19.1. The van der Waals surface area contributed by atoms with Crippen LogP contribution < -0.4 is 0 Å². The number of aromatic amines is 1. The fraction of sp³-hybridized carbons (Fsp3) is 0.500. The number of amides is 1. The van der Waals surface area contributed by atoms with Gasteiger partial charge in [-0.25, -0.2) is 8.78 Å². The van der Waals surface area contributed by atoms with Gasteiger partial charge in [0.25, 0.3) is 0 Å². The van der Waals surface area contributed by atoms with Crippen molar-refractivity contribution in [3.8, 4) is 0 Å². The van der Waals surface area contributed by atoms with E-state index in [0.29, 0.717) is 39.1 Å². The minimum atomic E-state index is -0.994. The molecule has 0 saturated carbocycles. The minimum Gasteiger partial charge on any atom is -0.381 e. The van der Waals surface area contributed by atoms with Crippen LogP contribution in [0, 0.1) is 11.6 Å². The van der Waals surface area contributed by atoms with Crippen molar-refractivity contribution in [2.75, 3.05) is 26.3 Å². The van der Waals surface area contributed by atoms with Gasteiger partial charge in [0.15, 0.2) is 0 Å². The van der Waals surface area contributed by atoms with E-state index in [1.165, 1.54) is 12.1 Å². The highest BCUT2D eigenvalue weighted by Gasteiger charge is 2.46. The number of nitrogens with zero attached hydrogens (tertiary/aromatic N) is 2. The second kappa shape index (κ2) is 7.38. The van der Waals surface area contributed by atoms with E-state index in [1.807, 2.05) is 11.0 Å². The second-order valence-electron chi connectivity index (χ2n) is 7.42. The third-order valence-electron chi connectivity index (χ3n) is 5.87. The summed E-state index contributed by atoms with van der Waals surface area (Å²) < 4.78 is 33.5. The maximum Gasteiger partial charge on any atom is 0.233 e. The molecule has 0 bridgehead atoms. The molecule has 1 aromatic carbocycles. The van der Waals surface area contributed by atoms with E-state index in [9.17, 15) is 13.6 Å². The van der Waals surface area contributed by atoms with Crippen molar-refractivity contribution >= 4 is 5.91 Å². The first-order chi connectivity index (χ1) is 13.1. The third kappa shape index (κ3) is 3.36. The summed E-state index contributed by atoms with van der Waals surface area (Å²) in [7, 11) is 0. The molecule has 1 atom stereocenters. The first-order valence-corrected chi connectivity index (χ1v) is 9.42. The van der Waals surface area contributed by atoms with E-state index in [0.717, 1.165) is 24.6 Å². The fourth-order valence-electron chi connectivity index (χ4n) is 4.41. The van der Waals surface area contributed by atoms with Crippen molar-refractivity contribution in [1.82, 2.24) is 15.1 Å². The molecule has 144 valence electrons. The molecule has 7 heteroatoms. The summed E-state index contributed by atoms with van der Waals surface area (Å²) in [5.74, 6) is -1.18. The van der Waals surface area contributed by atoms with Gasteiger partial charge in [0.1, 0.15) is 11.6 Å². The van der Waals surface area contributed by atoms with Crippen LogP contribution in [-0.2, 0) is 14.9 Å². The average molecular weight is 375 g/mol. The van der Waals surface area contributed by atoms with Crippen molar-refractivity contribution in [2.24, 2.45) is 0 Å². The zero-order valence-corrected chi connectivity index (χ0v) is 15.1. The molecule has 1 aromatic heterocycles. The Hall–Kier alpha value is -2.28. The van der Waals surface area contributed by atoms with Crippen LogP contribution in [0.4, 0.5) is 8.78 Å². The van der Waals surface area contributed by atoms with E-state index in [2.05, 4.69) is 10.2 Å². The molecule has 0 radical (unpaired) electrons. The second-order valence-corrected chi connectivity index (χ2v) is 7.42. The van der Waals surface area contributed by atoms with Gasteiger partial charge in [0, 0.05) is 55.7 Å². The van der Waals surface area contributed by atoms with Crippen molar-refractivity contribution in [2.45, 2.75) is 37.0 Å². The van der Waals surface area contributed by atoms with E-state index < -0.39 is 17.0 Å². The lowest BCUT2D eigenvalue weighted by Gasteiger charge is -2.42. The number of hydrogen-bond acceptors (Lipinski definition) is 3. The first-order valence-electron chi connectivity index (χ1n) is 9.42. The summed E-state index contributed by atoms with van der Waals surface area (Å²) in [6.45, 7) is 2.00. The highest BCUT2D eigenvalue weighted by Crippen LogP contribution is 2.40.